The van der Waals surface area contributed by atoms with Gasteiger partial charge in [0.1, 0.15) is 0 Å². The van der Waals surface area contributed by atoms with Crippen LogP contribution in [-0.4, -0.2) is 35.8 Å². The Balaban J connectivity index is 1.92. The van der Waals surface area contributed by atoms with E-state index < -0.39 is 0 Å². The van der Waals surface area contributed by atoms with Crippen LogP contribution in [-0.2, 0) is 0 Å². The molecule has 0 aliphatic heterocycles. The van der Waals surface area contributed by atoms with E-state index in [-0.39, 0.29) is 0 Å². The molecule has 4 heteroatoms. The van der Waals surface area contributed by atoms with Crippen LogP contribution in [0.25, 0.3) is 0 Å². The fraction of sp³-hybridized carbons (Fsp3) is 0.933. The van der Waals surface area contributed by atoms with Gasteiger partial charge in [0.25, 0.3) is 0 Å². The van der Waals surface area contributed by atoms with E-state index in [1.54, 1.807) is 0 Å². The summed E-state index contributed by atoms with van der Waals surface area (Å²) in [6.07, 6.45) is 14.0. The third kappa shape index (κ3) is 4.60. The molecule has 0 aromatic carbocycles. The Morgan fingerprint density at radius 3 is 1.84 bits per heavy atom. The summed E-state index contributed by atoms with van der Waals surface area (Å²) in [4.78, 5) is 2.72. The van der Waals surface area contributed by atoms with Crippen LogP contribution in [0.1, 0.15) is 64.2 Å². The van der Waals surface area contributed by atoms with Crippen molar-refractivity contribution in [2.75, 3.05) is 13.7 Å². The van der Waals surface area contributed by atoms with Gasteiger partial charge in [-0.2, -0.15) is 0 Å². The van der Waals surface area contributed by atoms with Gasteiger partial charge < -0.3 is 10.6 Å². The van der Waals surface area contributed by atoms with Crippen molar-refractivity contribution in [3.63, 3.8) is 0 Å². The van der Waals surface area contributed by atoms with Crippen molar-refractivity contribution in [3.05, 3.63) is 0 Å². The van der Waals surface area contributed by atoms with Gasteiger partial charge >= 0.3 is 0 Å². The molecule has 2 aliphatic rings. The van der Waals surface area contributed by atoms with Crippen LogP contribution in [0.15, 0.2) is 0 Å². The first-order valence-corrected chi connectivity index (χ1v) is 8.43. The van der Waals surface area contributed by atoms with Crippen molar-refractivity contribution in [1.82, 2.24) is 15.5 Å². The van der Waals surface area contributed by atoms with Gasteiger partial charge in [0.15, 0.2) is 5.11 Å². The largest absolute Gasteiger partial charge is 0.366 e. The Morgan fingerprint density at radius 2 is 1.42 bits per heavy atom. The average molecular weight is 283 g/mol. The maximum atomic E-state index is 5.23. The molecule has 0 aromatic heterocycles. The highest BCUT2D eigenvalue weighted by atomic mass is 32.1. The molecule has 0 aromatic rings. The SMILES string of the molecule is CNC(=S)NCN(C1CCCCC1)C1CCCCC1. The molecule has 0 heterocycles. The Bertz CT molecular complexity index is 253. The first-order valence-electron chi connectivity index (χ1n) is 8.02. The third-order valence-electron chi connectivity index (χ3n) is 4.74. The van der Waals surface area contributed by atoms with Crippen molar-refractivity contribution in [3.8, 4) is 0 Å². The van der Waals surface area contributed by atoms with Gasteiger partial charge in [-0.05, 0) is 37.9 Å². The molecule has 0 atom stereocenters. The summed E-state index contributed by atoms with van der Waals surface area (Å²) < 4.78 is 0. The number of hydrogen-bond acceptors (Lipinski definition) is 2. The van der Waals surface area contributed by atoms with Gasteiger partial charge in [-0.1, -0.05) is 38.5 Å². The van der Waals surface area contributed by atoms with E-state index >= 15 is 0 Å². The predicted molar refractivity (Wildman–Crippen MR) is 85.2 cm³/mol. The molecule has 2 aliphatic carbocycles. The van der Waals surface area contributed by atoms with Crippen LogP contribution in [0.4, 0.5) is 0 Å². The van der Waals surface area contributed by atoms with Gasteiger partial charge in [0.2, 0.25) is 0 Å². The van der Waals surface area contributed by atoms with E-state index in [0.29, 0.717) is 0 Å². The summed E-state index contributed by atoms with van der Waals surface area (Å²) in [5.41, 5.74) is 0. The molecular weight excluding hydrogens is 254 g/mol. The van der Waals surface area contributed by atoms with Crippen molar-refractivity contribution in [2.24, 2.45) is 0 Å². The molecule has 2 fully saturated rings. The minimum absolute atomic E-state index is 0.775. The number of rotatable bonds is 4. The normalized spacial score (nSPS) is 22.4. The fourth-order valence-electron chi connectivity index (χ4n) is 3.63. The second kappa shape index (κ2) is 8.05. The molecule has 0 unspecified atom stereocenters. The first-order chi connectivity index (χ1) is 9.31. The lowest BCUT2D eigenvalue weighted by molar-refractivity contribution is 0.0780. The summed E-state index contributed by atoms with van der Waals surface area (Å²) in [5.74, 6) is 0. The van der Waals surface area contributed by atoms with Gasteiger partial charge in [-0.25, -0.2) is 0 Å². The topological polar surface area (TPSA) is 27.3 Å². The van der Waals surface area contributed by atoms with E-state index in [9.17, 15) is 0 Å². The van der Waals surface area contributed by atoms with Crippen LogP contribution < -0.4 is 10.6 Å². The number of nitrogens with zero attached hydrogens (tertiary/aromatic N) is 1. The van der Waals surface area contributed by atoms with Crippen molar-refractivity contribution < 1.29 is 0 Å². The zero-order chi connectivity index (χ0) is 13.5. The number of thiocarbonyl (C=S) groups is 1. The van der Waals surface area contributed by atoms with Crippen LogP contribution >= 0.6 is 12.2 Å². The Hall–Kier alpha value is -0.350. The zero-order valence-electron chi connectivity index (χ0n) is 12.3. The molecule has 19 heavy (non-hydrogen) atoms. The average Bonchev–Trinajstić information content (AvgIpc) is 2.49. The number of hydrogen-bond donors (Lipinski definition) is 2. The van der Waals surface area contributed by atoms with E-state index in [0.717, 1.165) is 23.9 Å². The van der Waals surface area contributed by atoms with Gasteiger partial charge in [0, 0.05) is 19.1 Å². The van der Waals surface area contributed by atoms with E-state index in [1.165, 1.54) is 64.2 Å². The Morgan fingerprint density at radius 1 is 0.947 bits per heavy atom. The Kier molecular flexibility index (Phi) is 6.38. The molecule has 0 amide bonds. The molecule has 0 spiro atoms. The molecule has 2 rings (SSSR count). The highest BCUT2D eigenvalue weighted by Gasteiger charge is 2.28. The fourth-order valence-corrected chi connectivity index (χ4v) is 3.70. The first kappa shape index (κ1) is 15.0. The molecule has 110 valence electrons. The highest BCUT2D eigenvalue weighted by Crippen LogP contribution is 2.29. The van der Waals surface area contributed by atoms with Gasteiger partial charge in [-0.15, -0.1) is 0 Å². The van der Waals surface area contributed by atoms with Crippen LogP contribution in [0.2, 0.25) is 0 Å². The van der Waals surface area contributed by atoms with E-state index in [4.69, 9.17) is 12.2 Å². The summed E-state index contributed by atoms with van der Waals surface area (Å²) in [5, 5.41) is 7.17. The summed E-state index contributed by atoms with van der Waals surface area (Å²) >= 11 is 5.23. The van der Waals surface area contributed by atoms with Gasteiger partial charge in [0.05, 0.1) is 6.67 Å². The summed E-state index contributed by atoms with van der Waals surface area (Å²) in [6, 6.07) is 1.56. The van der Waals surface area contributed by atoms with Crippen LogP contribution in [0, 0.1) is 0 Å². The molecule has 0 radical (unpaired) electrons. The zero-order valence-corrected chi connectivity index (χ0v) is 13.1. The quantitative estimate of drug-likeness (QED) is 0.613. The molecule has 0 bridgehead atoms. The van der Waals surface area contributed by atoms with Crippen molar-refractivity contribution >= 4 is 17.3 Å². The van der Waals surface area contributed by atoms with E-state index in [1.807, 2.05) is 7.05 Å². The lowest BCUT2D eigenvalue weighted by Gasteiger charge is -2.41. The monoisotopic (exact) mass is 283 g/mol. The summed E-state index contributed by atoms with van der Waals surface area (Å²) in [7, 11) is 1.89. The lowest BCUT2D eigenvalue weighted by Crippen LogP contribution is -2.51. The maximum Gasteiger partial charge on any atom is 0.167 e. The minimum atomic E-state index is 0.775. The summed E-state index contributed by atoms with van der Waals surface area (Å²) in [6.45, 7) is 0.926. The smallest absolute Gasteiger partial charge is 0.167 e. The molecular formula is C15H29N3S. The van der Waals surface area contributed by atoms with Crippen molar-refractivity contribution in [1.29, 1.82) is 0 Å². The second-order valence-electron chi connectivity index (χ2n) is 6.01. The highest BCUT2D eigenvalue weighted by molar-refractivity contribution is 7.80. The lowest BCUT2D eigenvalue weighted by atomic mass is 9.89. The second-order valence-corrected chi connectivity index (χ2v) is 6.42. The van der Waals surface area contributed by atoms with Crippen LogP contribution in [0.3, 0.4) is 0 Å². The molecule has 2 saturated carbocycles. The van der Waals surface area contributed by atoms with Crippen LogP contribution in [0.5, 0.6) is 0 Å². The standard InChI is InChI=1S/C15H29N3S/c1-16-15(19)17-12-18(13-8-4-2-5-9-13)14-10-6-3-7-11-14/h13-14H,2-12H2,1H3,(H2,16,17,19). The minimum Gasteiger partial charge on any atom is -0.366 e. The number of nitrogens with one attached hydrogen (secondary N) is 2. The van der Waals surface area contributed by atoms with E-state index in [2.05, 4.69) is 15.5 Å². The van der Waals surface area contributed by atoms with Gasteiger partial charge in [-0.3, -0.25) is 4.90 Å². The predicted octanol–water partition coefficient (Wildman–Crippen LogP) is 3.01. The van der Waals surface area contributed by atoms with Crippen molar-refractivity contribution in [2.45, 2.75) is 76.3 Å². The molecule has 2 N–H and O–H groups in total. The third-order valence-corrected chi connectivity index (χ3v) is 5.09. The Labute approximate surface area is 123 Å². The maximum absolute atomic E-state index is 5.23. The molecule has 3 nitrogen and oxygen atoms in total. The molecule has 0 saturated heterocycles.